The standard InChI is InChI=1S/C14H10F3NO2/c15-14(16,17)11-8-18-12(6-10(11)7-13(19)20)9-4-2-1-3-5-9/h1-6,8H,7H2,(H,19,20). The highest BCUT2D eigenvalue weighted by atomic mass is 19.4. The lowest BCUT2D eigenvalue weighted by molar-refractivity contribution is -0.139. The highest BCUT2D eigenvalue weighted by Crippen LogP contribution is 2.33. The molecule has 2 aromatic rings. The summed E-state index contributed by atoms with van der Waals surface area (Å²) in [5.41, 5.74) is -0.360. The number of rotatable bonds is 3. The predicted octanol–water partition coefficient (Wildman–Crippen LogP) is 3.39. The van der Waals surface area contributed by atoms with Gasteiger partial charge in [0.2, 0.25) is 0 Å². The van der Waals surface area contributed by atoms with E-state index in [1.54, 1.807) is 30.3 Å². The highest BCUT2D eigenvalue weighted by Gasteiger charge is 2.34. The average molecular weight is 281 g/mol. The van der Waals surface area contributed by atoms with Gasteiger partial charge >= 0.3 is 12.1 Å². The van der Waals surface area contributed by atoms with E-state index in [2.05, 4.69) is 4.98 Å². The number of hydrogen-bond acceptors (Lipinski definition) is 2. The Morgan fingerprint density at radius 1 is 1.20 bits per heavy atom. The van der Waals surface area contributed by atoms with Gasteiger partial charge in [-0.3, -0.25) is 9.78 Å². The van der Waals surface area contributed by atoms with Crippen LogP contribution in [0, 0.1) is 0 Å². The maximum atomic E-state index is 12.8. The molecule has 0 aliphatic carbocycles. The molecule has 0 amide bonds. The third kappa shape index (κ3) is 3.14. The normalized spacial score (nSPS) is 11.3. The van der Waals surface area contributed by atoms with Crippen molar-refractivity contribution in [1.82, 2.24) is 4.98 Å². The van der Waals surface area contributed by atoms with Crippen LogP contribution in [0.1, 0.15) is 11.1 Å². The second-order valence-electron chi connectivity index (χ2n) is 4.16. The van der Waals surface area contributed by atoms with Gasteiger partial charge < -0.3 is 5.11 Å². The molecule has 20 heavy (non-hydrogen) atoms. The van der Waals surface area contributed by atoms with E-state index in [1.807, 2.05) is 0 Å². The Labute approximate surface area is 112 Å². The van der Waals surface area contributed by atoms with Crippen LogP contribution in [-0.2, 0) is 17.4 Å². The van der Waals surface area contributed by atoms with Crippen LogP contribution in [0.25, 0.3) is 11.3 Å². The summed E-state index contributed by atoms with van der Waals surface area (Å²) >= 11 is 0. The fourth-order valence-corrected chi connectivity index (χ4v) is 1.83. The summed E-state index contributed by atoms with van der Waals surface area (Å²) in [5, 5.41) is 8.73. The highest BCUT2D eigenvalue weighted by molar-refractivity contribution is 5.72. The molecule has 0 spiro atoms. The Morgan fingerprint density at radius 2 is 1.85 bits per heavy atom. The number of nitrogens with zero attached hydrogens (tertiary/aromatic N) is 1. The predicted molar refractivity (Wildman–Crippen MR) is 66.0 cm³/mol. The summed E-state index contributed by atoms with van der Waals surface area (Å²) in [6, 6.07) is 9.79. The molecular formula is C14H10F3NO2. The minimum Gasteiger partial charge on any atom is -0.481 e. The second-order valence-corrected chi connectivity index (χ2v) is 4.16. The lowest BCUT2D eigenvalue weighted by Gasteiger charge is -2.12. The Kier molecular flexibility index (Phi) is 3.74. The second kappa shape index (κ2) is 5.32. The molecule has 0 aliphatic rings. The van der Waals surface area contributed by atoms with E-state index in [1.165, 1.54) is 6.07 Å². The topological polar surface area (TPSA) is 50.2 Å². The molecule has 6 heteroatoms. The Bertz CT molecular complexity index is 624. The van der Waals surface area contributed by atoms with Gasteiger partial charge in [-0.1, -0.05) is 30.3 Å². The van der Waals surface area contributed by atoms with Crippen molar-refractivity contribution in [3.63, 3.8) is 0 Å². The monoisotopic (exact) mass is 281 g/mol. The Morgan fingerprint density at radius 3 is 2.40 bits per heavy atom. The van der Waals surface area contributed by atoms with Crippen LogP contribution in [0.5, 0.6) is 0 Å². The molecule has 1 heterocycles. The molecule has 104 valence electrons. The number of pyridine rings is 1. The van der Waals surface area contributed by atoms with Crippen molar-refractivity contribution in [1.29, 1.82) is 0 Å². The van der Waals surface area contributed by atoms with Gasteiger partial charge in [0.25, 0.3) is 0 Å². The number of benzene rings is 1. The SMILES string of the molecule is O=C(O)Cc1cc(-c2ccccc2)ncc1C(F)(F)F. The number of halogens is 3. The molecule has 2 rings (SSSR count). The van der Waals surface area contributed by atoms with Gasteiger partial charge in [-0.2, -0.15) is 13.2 Å². The Balaban J connectivity index is 2.51. The van der Waals surface area contributed by atoms with Crippen molar-refractivity contribution in [2.45, 2.75) is 12.6 Å². The first-order valence-electron chi connectivity index (χ1n) is 5.71. The van der Waals surface area contributed by atoms with E-state index in [-0.39, 0.29) is 5.56 Å². The number of aromatic nitrogens is 1. The molecule has 0 aliphatic heterocycles. The molecule has 0 unspecified atom stereocenters. The molecule has 3 nitrogen and oxygen atoms in total. The molecule has 1 N–H and O–H groups in total. The molecule has 1 aromatic heterocycles. The van der Waals surface area contributed by atoms with Gasteiger partial charge in [-0.25, -0.2) is 0 Å². The first-order valence-corrected chi connectivity index (χ1v) is 5.71. The first kappa shape index (κ1) is 14.0. The largest absolute Gasteiger partial charge is 0.481 e. The fraction of sp³-hybridized carbons (Fsp3) is 0.143. The minimum atomic E-state index is -4.62. The van der Waals surface area contributed by atoms with Crippen molar-refractivity contribution < 1.29 is 23.1 Å². The van der Waals surface area contributed by atoms with Crippen LogP contribution < -0.4 is 0 Å². The van der Waals surface area contributed by atoms with Gasteiger partial charge in [0.05, 0.1) is 17.7 Å². The number of carboxylic acid groups (broad SMARTS) is 1. The molecule has 0 bridgehead atoms. The number of hydrogen-bond donors (Lipinski definition) is 1. The maximum Gasteiger partial charge on any atom is 0.418 e. The van der Waals surface area contributed by atoms with Crippen LogP contribution in [0.2, 0.25) is 0 Å². The van der Waals surface area contributed by atoms with Crippen molar-refractivity contribution in [2.24, 2.45) is 0 Å². The van der Waals surface area contributed by atoms with Crippen molar-refractivity contribution in [2.75, 3.05) is 0 Å². The van der Waals surface area contributed by atoms with Gasteiger partial charge in [-0.05, 0) is 11.6 Å². The lowest BCUT2D eigenvalue weighted by atomic mass is 10.0. The first-order chi connectivity index (χ1) is 9.38. The van der Waals surface area contributed by atoms with E-state index in [4.69, 9.17) is 5.11 Å². The van der Waals surface area contributed by atoms with Crippen LogP contribution in [0.4, 0.5) is 13.2 Å². The summed E-state index contributed by atoms with van der Waals surface area (Å²) in [7, 11) is 0. The number of aliphatic carboxylic acids is 1. The number of carboxylic acids is 1. The zero-order valence-corrected chi connectivity index (χ0v) is 10.2. The van der Waals surface area contributed by atoms with Crippen LogP contribution in [0.15, 0.2) is 42.6 Å². The summed E-state index contributed by atoms with van der Waals surface area (Å²) in [5.74, 6) is -1.32. The molecule has 0 fully saturated rings. The minimum absolute atomic E-state index is 0.293. The van der Waals surface area contributed by atoms with Gasteiger partial charge in [0.15, 0.2) is 0 Å². The zero-order chi connectivity index (χ0) is 14.8. The summed E-state index contributed by atoms with van der Waals surface area (Å²) in [6.45, 7) is 0. The molecule has 1 aromatic carbocycles. The molecule has 0 saturated carbocycles. The molecule has 0 radical (unpaired) electrons. The van der Waals surface area contributed by atoms with Crippen molar-refractivity contribution >= 4 is 5.97 Å². The number of alkyl halides is 3. The van der Waals surface area contributed by atoms with Gasteiger partial charge in [-0.15, -0.1) is 0 Å². The molecule has 0 saturated heterocycles. The van der Waals surface area contributed by atoms with Crippen molar-refractivity contribution in [3.05, 3.63) is 53.7 Å². The third-order valence-corrected chi connectivity index (χ3v) is 2.71. The van der Waals surface area contributed by atoms with Crippen molar-refractivity contribution in [3.8, 4) is 11.3 Å². The molecular weight excluding hydrogens is 271 g/mol. The van der Waals surface area contributed by atoms with E-state index >= 15 is 0 Å². The zero-order valence-electron chi connectivity index (χ0n) is 10.2. The Hall–Kier alpha value is -2.37. The fourth-order valence-electron chi connectivity index (χ4n) is 1.83. The third-order valence-electron chi connectivity index (χ3n) is 2.71. The average Bonchev–Trinajstić information content (AvgIpc) is 2.37. The smallest absolute Gasteiger partial charge is 0.418 e. The van der Waals surface area contributed by atoms with Crippen LogP contribution >= 0.6 is 0 Å². The summed E-state index contributed by atoms with van der Waals surface area (Å²) in [6.07, 6.45) is -4.63. The lowest BCUT2D eigenvalue weighted by Crippen LogP contribution is -2.13. The van der Waals surface area contributed by atoms with E-state index in [0.29, 0.717) is 17.5 Å². The van der Waals surface area contributed by atoms with E-state index in [9.17, 15) is 18.0 Å². The summed E-state index contributed by atoms with van der Waals surface area (Å²) in [4.78, 5) is 14.5. The van der Waals surface area contributed by atoms with Gasteiger partial charge in [0.1, 0.15) is 0 Å². The summed E-state index contributed by atoms with van der Waals surface area (Å²) < 4.78 is 38.4. The maximum absolute atomic E-state index is 12.8. The van der Waals surface area contributed by atoms with Gasteiger partial charge in [0, 0.05) is 11.8 Å². The number of carbonyl (C=O) groups is 1. The quantitative estimate of drug-likeness (QED) is 0.938. The van der Waals surface area contributed by atoms with E-state index in [0.717, 1.165) is 0 Å². The van der Waals surface area contributed by atoms with E-state index < -0.39 is 24.1 Å². The van der Waals surface area contributed by atoms with Crippen LogP contribution in [-0.4, -0.2) is 16.1 Å². The molecule has 0 atom stereocenters. The van der Waals surface area contributed by atoms with Crippen LogP contribution in [0.3, 0.4) is 0 Å².